The van der Waals surface area contributed by atoms with Gasteiger partial charge in [0.25, 0.3) is 0 Å². The van der Waals surface area contributed by atoms with E-state index in [1.807, 2.05) is 0 Å². The Morgan fingerprint density at radius 3 is 2.38 bits per heavy atom. The lowest BCUT2D eigenvalue weighted by Crippen LogP contribution is -2.40. The molecular formula is C7H15N3O3. The molecule has 0 rings (SSSR count). The van der Waals surface area contributed by atoms with Gasteiger partial charge in [0.15, 0.2) is 0 Å². The molecule has 0 spiro atoms. The van der Waals surface area contributed by atoms with Crippen LogP contribution in [0.5, 0.6) is 0 Å². The molecule has 0 saturated heterocycles. The van der Waals surface area contributed by atoms with Gasteiger partial charge in [0.2, 0.25) is 0 Å². The minimum atomic E-state index is -0.906. The third kappa shape index (κ3) is 5.02. The van der Waals surface area contributed by atoms with Crippen molar-refractivity contribution in [1.82, 2.24) is 10.2 Å². The average Bonchev–Trinajstić information content (AvgIpc) is 1.95. The van der Waals surface area contributed by atoms with Crippen LogP contribution in [0.25, 0.3) is 0 Å². The number of nitrogens with one attached hydrogen (secondary N) is 1. The molecule has 0 aliphatic heterocycles. The number of carboxylic acids is 1. The van der Waals surface area contributed by atoms with Gasteiger partial charge in [0.1, 0.15) is 6.04 Å². The number of carbonyl (C=O) groups excluding carboxylic acids is 1. The first-order valence-electron chi connectivity index (χ1n) is 3.87. The second-order valence-electron chi connectivity index (χ2n) is 2.90. The van der Waals surface area contributed by atoms with Gasteiger partial charge in [0, 0.05) is 6.54 Å². The average molecular weight is 189 g/mol. The number of carboxylic acid groups (broad SMARTS) is 1. The van der Waals surface area contributed by atoms with Crippen LogP contribution in [0.4, 0.5) is 4.79 Å². The van der Waals surface area contributed by atoms with Gasteiger partial charge in [-0.15, -0.1) is 0 Å². The molecule has 0 aliphatic rings. The van der Waals surface area contributed by atoms with E-state index in [-0.39, 0.29) is 6.54 Å². The number of aliphatic carboxylic acids is 1. The quantitative estimate of drug-likeness (QED) is 0.520. The fourth-order valence-corrected chi connectivity index (χ4v) is 0.935. The van der Waals surface area contributed by atoms with Crippen molar-refractivity contribution in [3.05, 3.63) is 0 Å². The molecule has 6 heteroatoms. The Kier molecular flexibility index (Phi) is 4.83. The molecule has 13 heavy (non-hydrogen) atoms. The van der Waals surface area contributed by atoms with E-state index >= 15 is 0 Å². The first-order chi connectivity index (χ1) is 5.95. The third-order valence-corrected chi connectivity index (χ3v) is 1.63. The molecule has 0 aliphatic carbocycles. The maximum Gasteiger partial charge on any atom is 0.320 e. The zero-order valence-corrected chi connectivity index (χ0v) is 7.78. The van der Waals surface area contributed by atoms with Crippen molar-refractivity contribution in [1.29, 1.82) is 0 Å². The predicted molar refractivity (Wildman–Crippen MR) is 47.3 cm³/mol. The molecule has 4 N–H and O–H groups in total. The van der Waals surface area contributed by atoms with Crippen molar-refractivity contribution in [2.24, 2.45) is 5.73 Å². The molecule has 0 heterocycles. The highest BCUT2D eigenvalue weighted by atomic mass is 16.4. The summed E-state index contributed by atoms with van der Waals surface area (Å²) in [5.41, 5.74) is 4.82. The Morgan fingerprint density at radius 1 is 1.54 bits per heavy atom. The van der Waals surface area contributed by atoms with Crippen molar-refractivity contribution >= 4 is 12.0 Å². The van der Waals surface area contributed by atoms with Crippen LogP contribution < -0.4 is 11.1 Å². The monoisotopic (exact) mass is 189 g/mol. The molecule has 1 unspecified atom stereocenters. The van der Waals surface area contributed by atoms with Crippen molar-refractivity contribution in [3.8, 4) is 0 Å². The van der Waals surface area contributed by atoms with Gasteiger partial charge in [-0.3, -0.25) is 9.69 Å². The van der Waals surface area contributed by atoms with Crippen molar-refractivity contribution in [2.45, 2.75) is 12.5 Å². The first kappa shape index (κ1) is 11.7. The molecule has 0 aromatic rings. The number of nitrogens with two attached hydrogens (primary N) is 1. The lowest BCUT2D eigenvalue weighted by atomic mass is 10.2. The number of primary amides is 1. The summed E-state index contributed by atoms with van der Waals surface area (Å²) in [5, 5.41) is 11.1. The number of likely N-dealkylation sites (N-methyl/N-ethyl adjacent to an activating group) is 1. The molecule has 0 fully saturated rings. The normalized spacial score (nSPS) is 12.5. The van der Waals surface area contributed by atoms with Gasteiger partial charge in [-0.1, -0.05) is 0 Å². The summed E-state index contributed by atoms with van der Waals surface area (Å²) in [6, 6.07) is -1.23. The molecule has 6 nitrogen and oxygen atoms in total. The van der Waals surface area contributed by atoms with Crippen LogP contribution in [0.15, 0.2) is 0 Å². The van der Waals surface area contributed by atoms with E-state index in [1.54, 1.807) is 19.0 Å². The lowest BCUT2D eigenvalue weighted by molar-refractivity contribution is -0.142. The van der Waals surface area contributed by atoms with Gasteiger partial charge in [-0.25, -0.2) is 4.79 Å². The highest BCUT2D eigenvalue weighted by Crippen LogP contribution is 1.98. The standard InChI is InChI=1S/C7H15N3O3/c1-10(2)5(6(11)12)3-4-9-7(8)13/h5H,3-4H2,1-2H3,(H,11,12)(H3,8,9,13). The van der Waals surface area contributed by atoms with Crippen molar-refractivity contribution in [2.75, 3.05) is 20.6 Å². The molecule has 0 aromatic carbocycles. The van der Waals surface area contributed by atoms with E-state index < -0.39 is 18.0 Å². The maximum atomic E-state index is 10.6. The van der Waals surface area contributed by atoms with E-state index in [1.165, 1.54) is 0 Å². The smallest absolute Gasteiger partial charge is 0.320 e. The number of amides is 2. The van der Waals surface area contributed by atoms with Crippen molar-refractivity contribution in [3.63, 3.8) is 0 Å². The van der Waals surface area contributed by atoms with Crippen LogP contribution in [0, 0.1) is 0 Å². The maximum absolute atomic E-state index is 10.6. The fraction of sp³-hybridized carbons (Fsp3) is 0.714. The van der Waals surface area contributed by atoms with Gasteiger partial charge < -0.3 is 16.2 Å². The van der Waals surface area contributed by atoms with E-state index in [2.05, 4.69) is 5.32 Å². The summed E-state index contributed by atoms with van der Waals surface area (Å²) in [6.45, 7) is 0.268. The number of hydrogen-bond acceptors (Lipinski definition) is 3. The Labute approximate surface area is 76.7 Å². The van der Waals surface area contributed by atoms with E-state index in [9.17, 15) is 9.59 Å². The summed E-state index contributed by atoms with van der Waals surface area (Å²) in [7, 11) is 3.34. The number of nitrogens with zero attached hydrogens (tertiary/aromatic N) is 1. The van der Waals surface area contributed by atoms with E-state index in [0.717, 1.165) is 0 Å². The number of rotatable bonds is 5. The lowest BCUT2D eigenvalue weighted by Gasteiger charge is -2.19. The van der Waals surface area contributed by atoms with Gasteiger partial charge >= 0.3 is 12.0 Å². The molecule has 76 valence electrons. The zero-order valence-electron chi connectivity index (χ0n) is 7.78. The van der Waals surface area contributed by atoms with Gasteiger partial charge in [0.05, 0.1) is 0 Å². The highest BCUT2D eigenvalue weighted by molar-refractivity contribution is 5.74. The second-order valence-corrected chi connectivity index (χ2v) is 2.90. The van der Waals surface area contributed by atoms with Crippen LogP contribution >= 0.6 is 0 Å². The Morgan fingerprint density at radius 2 is 2.08 bits per heavy atom. The number of urea groups is 1. The minimum absolute atomic E-state index is 0.268. The summed E-state index contributed by atoms with van der Waals surface area (Å²) >= 11 is 0. The SMILES string of the molecule is CN(C)C(CCNC(N)=O)C(=O)O. The molecule has 0 aromatic heterocycles. The zero-order chi connectivity index (χ0) is 10.4. The summed E-state index contributed by atoms with van der Waals surface area (Å²) < 4.78 is 0. The number of hydrogen-bond donors (Lipinski definition) is 3. The Hall–Kier alpha value is -1.30. The molecule has 0 bridgehead atoms. The van der Waals surface area contributed by atoms with Gasteiger partial charge in [-0.2, -0.15) is 0 Å². The molecule has 0 radical (unpaired) electrons. The van der Waals surface area contributed by atoms with Crippen LogP contribution in [-0.4, -0.2) is 48.7 Å². The Bertz CT molecular complexity index is 193. The van der Waals surface area contributed by atoms with Crippen LogP contribution in [0.2, 0.25) is 0 Å². The molecule has 2 amide bonds. The first-order valence-corrected chi connectivity index (χ1v) is 3.87. The van der Waals surface area contributed by atoms with Crippen LogP contribution in [-0.2, 0) is 4.79 Å². The second kappa shape index (κ2) is 5.36. The summed E-state index contributed by atoms with van der Waals surface area (Å²) in [4.78, 5) is 22.5. The van der Waals surface area contributed by atoms with Crippen LogP contribution in [0.1, 0.15) is 6.42 Å². The Balaban J connectivity index is 3.84. The largest absolute Gasteiger partial charge is 0.480 e. The van der Waals surface area contributed by atoms with Crippen molar-refractivity contribution < 1.29 is 14.7 Å². The predicted octanol–water partition coefficient (Wildman–Crippen LogP) is -0.940. The summed E-state index contributed by atoms with van der Waals surface area (Å²) in [5.74, 6) is -0.906. The van der Waals surface area contributed by atoms with E-state index in [4.69, 9.17) is 10.8 Å². The highest BCUT2D eigenvalue weighted by Gasteiger charge is 2.18. The number of carbonyl (C=O) groups is 2. The molecule has 1 atom stereocenters. The topological polar surface area (TPSA) is 95.7 Å². The molecular weight excluding hydrogens is 174 g/mol. The van der Waals surface area contributed by atoms with Gasteiger partial charge in [-0.05, 0) is 20.5 Å². The summed E-state index contributed by atoms with van der Waals surface area (Å²) in [6.07, 6.45) is 0.339. The minimum Gasteiger partial charge on any atom is -0.480 e. The molecule has 0 saturated carbocycles. The third-order valence-electron chi connectivity index (χ3n) is 1.63. The van der Waals surface area contributed by atoms with Crippen LogP contribution in [0.3, 0.4) is 0 Å². The fourth-order valence-electron chi connectivity index (χ4n) is 0.935. The van der Waals surface area contributed by atoms with E-state index in [0.29, 0.717) is 6.42 Å².